The van der Waals surface area contributed by atoms with Crippen molar-refractivity contribution >= 4 is 17.5 Å². The van der Waals surface area contributed by atoms with Crippen molar-refractivity contribution in [2.45, 2.75) is 32.2 Å². The van der Waals surface area contributed by atoms with Gasteiger partial charge in [0.05, 0.1) is 23.6 Å². The van der Waals surface area contributed by atoms with Gasteiger partial charge >= 0.3 is 0 Å². The fourth-order valence-corrected chi connectivity index (χ4v) is 5.14. The summed E-state index contributed by atoms with van der Waals surface area (Å²) in [4.78, 5) is 28.1. The molecular weight excluding hydrogens is 378 g/mol. The van der Waals surface area contributed by atoms with E-state index in [4.69, 9.17) is 9.47 Å². The minimum atomic E-state index is -0.478. The monoisotopic (exact) mass is 403 g/mol. The number of ether oxygens (including phenoxy) is 2. The second-order valence-corrected chi connectivity index (χ2v) is 8.08. The molecule has 2 aromatic carbocycles. The lowest BCUT2D eigenvalue weighted by Gasteiger charge is -2.42. The quantitative estimate of drug-likeness (QED) is 0.565. The van der Waals surface area contributed by atoms with Gasteiger partial charge in [-0.25, -0.2) is 0 Å². The first-order valence-corrected chi connectivity index (χ1v) is 10.6. The smallest absolute Gasteiger partial charge is 0.238 e. The molecule has 5 rings (SSSR count). The molecule has 0 radical (unpaired) electrons. The molecule has 2 saturated heterocycles. The van der Waals surface area contributed by atoms with Crippen molar-refractivity contribution < 1.29 is 19.1 Å². The molecule has 0 spiro atoms. The number of anilines is 1. The van der Waals surface area contributed by atoms with E-state index in [-0.39, 0.29) is 35.7 Å². The lowest BCUT2D eigenvalue weighted by molar-refractivity contribution is -0.180. The maximum atomic E-state index is 13.5. The van der Waals surface area contributed by atoms with Gasteiger partial charge in [0.1, 0.15) is 0 Å². The Hall–Kier alpha value is -2.76. The average molecular weight is 403 g/mol. The second kappa shape index (κ2) is 7.82. The number of benzene rings is 2. The van der Waals surface area contributed by atoms with Gasteiger partial charge in [-0.1, -0.05) is 54.6 Å². The highest BCUT2D eigenvalue weighted by Crippen LogP contribution is 2.51. The fraction of sp³-hybridized carbons (Fsp3) is 0.360. The summed E-state index contributed by atoms with van der Waals surface area (Å²) in [6.45, 7) is 2.46. The average Bonchev–Trinajstić information content (AvgIpc) is 3.05. The summed E-state index contributed by atoms with van der Waals surface area (Å²) < 4.78 is 12.2. The van der Waals surface area contributed by atoms with Crippen molar-refractivity contribution in [3.8, 4) is 0 Å². The summed E-state index contributed by atoms with van der Waals surface area (Å²) in [5.74, 6) is -0.943. The van der Waals surface area contributed by atoms with Crippen molar-refractivity contribution in [2.24, 2.45) is 17.8 Å². The summed E-state index contributed by atoms with van der Waals surface area (Å²) in [6, 6.07) is 19.3. The Morgan fingerprint density at radius 3 is 2.37 bits per heavy atom. The van der Waals surface area contributed by atoms with Gasteiger partial charge in [0, 0.05) is 6.61 Å². The standard InChI is InChI=1S/C25H25NO4/c1-2-29-25-18-13-14-19-22(20(18)15-21(30-25)16-9-5-3-6-10-16)24(28)26(23(19)27)17-11-7-4-8-12-17/h3-13,19-22,25H,2,14-15H2,1H3/t19-,20+,21+,22-,25+/m1/s1. The van der Waals surface area contributed by atoms with Crippen LogP contribution in [0, 0.1) is 17.8 Å². The topological polar surface area (TPSA) is 55.8 Å². The lowest BCUT2D eigenvalue weighted by atomic mass is 9.69. The number of rotatable bonds is 4. The molecule has 154 valence electrons. The Bertz CT molecular complexity index is 971. The minimum Gasteiger partial charge on any atom is -0.349 e. The highest BCUT2D eigenvalue weighted by Gasteiger charge is 2.56. The Kier molecular flexibility index (Phi) is 5.01. The van der Waals surface area contributed by atoms with Gasteiger partial charge in [-0.2, -0.15) is 0 Å². The zero-order valence-corrected chi connectivity index (χ0v) is 16.9. The van der Waals surface area contributed by atoms with Crippen LogP contribution in [0.4, 0.5) is 5.69 Å². The maximum absolute atomic E-state index is 13.5. The zero-order chi connectivity index (χ0) is 20.7. The molecule has 0 N–H and O–H groups in total. The summed E-state index contributed by atoms with van der Waals surface area (Å²) in [6.07, 6.45) is 2.65. The van der Waals surface area contributed by atoms with Crippen LogP contribution in [0.3, 0.4) is 0 Å². The Labute approximate surface area is 176 Å². The molecule has 2 amide bonds. The van der Waals surface area contributed by atoms with Gasteiger partial charge in [-0.3, -0.25) is 14.5 Å². The summed E-state index contributed by atoms with van der Waals surface area (Å²) in [5, 5.41) is 0. The first kappa shape index (κ1) is 19.2. The number of para-hydroxylation sites is 1. The molecular formula is C25H25NO4. The molecule has 30 heavy (non-hydrogen) atoms. The van der Waals surface area contributed by atoms with E-state index in [0.29, 0.717) is 25.1 Å². The Balaban J connectivity index is 1.51. The highest BCUT2D eigenvalue weighted by atomic mass is 16.7. The maximum Gasteiger partial charge on any atom is 0.238 e. The van der Waals surface area contributed by atoms with E-state index in [1.54, 1.807) is 0 Å². The molecule has 5 heteroatoms. The van der Waals surface area contributed by atoms with Crippen LogP contribution in [0.25, 0.3) is 0 Å². The summed E-state index contributed by atoms with van der Waals surface area (Å²) in [5.41, 5.74) is 2.73. The largest absolute Gasteiger partial charge is 0.349 e. The van der Waals surface area contributed by atoms with Gasteiger partial charge in [0.25, 0.3) is 0 Å². The molecule has 3 aliphatic rings. The van der Waals surface area contributed by atoms with E-state index in [1.165, 1.54) is 4.90 Å². The van der Waals surface area contributed by atoms with Crippen molar-refractivity contribution in [1.82, 2.24) is 0 Å². The fourth-order valence-electron chi connectivity index (χ4n) is 5.14. The molecule has 0 bridgehead atoms. The van der Waals surface area contributed by atoms with Gasteiger partial charge in [0.15, 0.2) is 6.29 Å². The van der Waals surface area contributed by atoms with Crippen molar-refractivity contribution in [1.29, 1.82) is 0 Å². The predicted molar refractivity (Wildman–Crippen MR) is 112 cm³/mol. The predicted octanol–water partition coefficient (Wildman–Crippen LogP) is 4.26. The van der Waals surface area contributed by atoms with Crippen LogP contribution in [0.2, 0.25) is 0 Å². The molecule has 0 unspecified atom stereocenters. The molecule has 2 heterocycles. The molecule has 2 fully saturated rings. The van der Waals surface area contributed by atoms with Crippen LogP contribution >= 0.6 is 0 Å². The van der Waals surface area contributed by atoms with Crippen LogP contribution in [-0.4, -0.2) is 24.7 Å². The van der Waals surface area contributed by atoms with E-state index in [2.05, 4.69) is 6.08 Å². The van der Waals surface area contributed by atoms with Gasteiger partial charge in [-0.15, -0.1) is 0 Å². The van der Waals surface area contributed by atoms with E-state index in [1.807, 2.05) is 67.6 Å². The van der Waals surface area contributed by atoms with Crippen LogP contribution in [-0.2, 0) is 19.1 Å². The summed E-state index contributed by atoms with van der Waals surface area (Å²) in [7, 11) is 0. The molecule has 2 aliphatic heterocycles. The number of fused-ring (bicyclic) bond motifs is 3. The van der Waals surface area contributed by atoms with E-state index in [0.717, 1.165) is 11.1 Å². The number of imide groups is 1. The number of hydrogen-bond donors (Lipinski definition) is 0. The Morgan fingerprint density at radius 2 is 1.67 bits per heavy atom. The minimum absolute atomic E-state index is 0.0654. The molecule has 1 aliphatic carbocycles. The van der Waals surface area contributed by atoms with Crippen LogP contribution in [0.5, 0.6) is 0 Å². The highest BCUT2D eigenvalue weighted by molar-refractivity contribution is 6.22. The van der Waals surface area contributed by atoms with E-state index in [9.17, 15) is 9.59 Å². The van der Waals surface area contributed by atoms with Gasteiger partial charge in [0.2, 0.25) is 11.8 Å². The van der Waals surface area contributed by atoms with E-state index >= 15 is 0 Å². The number of carbonyl (C=O) groups is 2. The van der Waals surface area contributed by atoms with Crippen LogP contribution in [0.1, 0.15) is 31.4 Å². The normalized spacial score (nSPS) is 30.6. The zero-order valence-electron chi connectivity index (χ0n) is 16.9. The third kappa shape index (κ3) is 3.09. The van der Waals surface area contributed by atoms with Gasteiger partial charge in [-0.05, 0) is 49.0 Å². The van der Waals surface area contributed by atoms with Crippen LogP contribution in [0.15, 0.2) is 72.3 Å². The second-order valence-electron chi connectivity index (χ2n) is 8.08. The first-order chi connectivity index (χ1) is 14.7. The van der Waals surface area contributed by atoms with E-state index < -0.39 is 6.29 Å². The van der Waals surface area contributed by atoms with Crippen molar-refractivity contribution in [2.75, 3.05) is 11.5 Å². The third-order valence-corrected chi connectivity index (χ3v) is 6.48. The molecule has 0 aromatic heterocycles. The number of carbonyl (C=O) groups excluding carboxylic acids is 2. The Morgan fingerprint density at radius 1 is 0.967 bits per heavy atom. The molecule has 5 nitrogen and oxygen atoms in total. The van der Waals surface area contributed by atoms with Crippen molar-refractivity contribution in [3.63, 3.8) is 0 Å². The molecule has 5 atom stereocenters. The first-order valence-electron chi connectivity index (χ1n) is 10.6. The molecule has 2 aromatic rings. The SMILES string of the molecule is CCO[C@H]1O[C@H](c2ccccc2)C[C@H]2C1=CC[C@H]1C(=O)N(c3ccccc3)C(=O)[C@H]12. The van der Waals surface area contributed by atoms with Crippen LogP contribution < -0.4 is 4.90 Å². The number of hydrogen-bond acceptors (Lipinski definition) is 4. The third-order valence-electron chi connectivity index (χ3n) is 6.48. The van der Waals surface area contributed by atoms with Gasteiger partial charge < -0.3 is 9.47 Å². The number of nitrogens with zero attached hydrogens (tertiary/aromatic N) is 1. The lowest BCUT2D eigenvalue weighted by Crippen LogP contribution is -2.42. The summed E-state index contributed by atoms with van der Waals surface area (Å²) >= 11 is 0. The number of allylic oxidation sites excluding steroid dienone is 1. The number of amides is 2. The van der Waals surface area contributed by atoms with Crippen molar-refractivity contribution in [3.05, 3.63) is 77.9 Å². The molecule has 0 saturated carbocycles.